The number of unbranched alkanes of at least 4 members (excludes halogenated alkanes) is 1. The van der Waals surface area contributed by atoms with Crippen LogP contribution in [-0.2, 0) is 19.6 Å². The third-order valence-electron chi connectivity index (χ3n) is 1.66. The lowest BCUT2D eigenvalue weighted by atomic mass is 10.2. The van der Waals surface area contributed by atoms with Gasteiger partial charge in [-0.05, 0) is 54.4 Å². The smallest absolute Gasteiger partial charge is 0.224 e. The molecule has 0 aromatic rings. The lowest BCUT2D eigenvalue weighted by molar-refractivity contribution is -0.497. The Morgan fingerprint density at radius 1 is 0.944 bits per heavy atom. The third-order valence-corrected chi connectivity index (χ3v) is 1.66. The van der Waals surface area contributed by atoms with Crippen molar-refractivity contribution < 1.29 is 19.6 Å². The molecule has 18 heavy (non-hydrogen) atoms. The second-order valence-corrected chi connectivity index (χ2v) is 6.23. The Labute approximate surface area is 111 Å². The first-order valence-corrected chi connectivity index (χ1v) is 6.44. The van der Waals surface area contributed by atoms with E-state index in [4.69, 9.17) is 19.6 Å². The van der Waals surface area contributed by atoms with Crippen LogP contribution in [0, 0.1) is 0 Å². The number of hydrogen-bond acceptors (Lipinski definition) is 4. The Kier molecular flexibility index (Phi) is 7.71. The molecule has 108 valence electrons. The highest BCUT2D eigenvalue weighted by Crippen LogP contribution is 2.17. The van der Waals surface area contributed by atoms with Crippen molar-refractivity contribution in [2.75, 3.05) is 0 Å². The molecule has 4 nitrogen and oxygen atoms in total. The molecule has 0 saturated heterocycles. The van der Waals surface area contributed by atoms with Gasteiger partial charge in [0, 0.05) is 6.42 Å². The van der Waals surface area contributed by atoms with Crippen LogP contribution in [0.25, 0.3) is 0 Å². The van der Waals surface area contributed by atoms with E-state index in [2.05, 4.69) is 6.58 Å². The summed E-state index contributed by atoms with van der Waals surface area (Å²) in [5.74, 6) is 0. The number of hydrogen-bond donors (Lipinski definition) is 0. The van der Waals surface area contributed by atoms with Crippen molar-refractivity contribution in [3.63, 3.8) is 0 Å². The van der Waals surface area contributed by atoms with E-state index in [9.17, 15) is 0 Å². The summed E-state index contributed by atoms with van der Waals surface area (Å²) in [4.78, 5) is 21.0. The maximum absolute atomic E-state index is 5.27. The van der Waals surface area contributed by atoms with E-state index in [-0.39, 0.29) is 11.2 Å². The number of allylic oxidation sites excluding steroid dienone is 1. The highest BCUT2D eigenvalue weighted by atomic mass is 17.3. The highest BCUT2D eigenvalue weighted by molar-refractivity contribution is 4.66. The van der Waals surface area contributed by atoms with E-state index in [1.54, 1.807) is 0 Å². The lowest BCUT2D eigenvalue weighted by Crippen LogP contribution is -2.29. The molecule has 0 unspecified atom stereocenters. The quantitative estimate of drug-likeness (QED) is 0.216. The summed E-state index contributed by atoms with van der Waals surface area (Å²) in [5, 5.41) is 0. The second-order valence-electron chi connectivity index (χ2n) is 6.23. The van der Waals surface area contributed by atoms with Gasteiger partial charge in [0.2, 0.25) is 6.29 Å². The Bertz CT molecular complexity index is 207. The predicted molar refractivity (Wildman–Crippen MR) is 71.7 cm³/mol. The Morgan fingerprint density at radius 3 is 1.72 bits per heavy atom. The van der Waals surface area contributed by atoms with E-state index in [1.807, 2.05) is 47.6 Å². The molecule has 0 spiro atoms. The van der Waals surface area contributed by atoms with E-state index in [0.29, 0.717) is 6.42 Å². The summed E-state index contributed by atoms with van der Waals surface area (Å²) in [6.07, 6.45) is 3.86. The van der Waals surface area contributed by atoms with Crippen molar-refractivity contribution in [1.82, 2.24) is 0 Å². The first kappa shape index (κ1) is 17.6. The molecule has 0 aliphatic carbocycles. The standard InChI is InChI=1S/C14H28O4/c1-8-9-10-11-12(15-17-13(2,3)4)16-18-14(5,6)7/h8,12H,1,9-11H2,2-7H3. The van der Waals surface area contributed by atoms with Crippen LogP contribution in [-0.4, -0.2) is 17.5 Å². The summed E-state index contributed by atoms with van der Waals surface area (Å²) in [7, 11) is 0. The molecular weight excluding hydrogens is 232 g/mol. The van der Waals surface area contributed by atoms with Crippen LogP contribution in [0.3, 0.4) is 0 Å². The van der Waals surface area contributed by atoms with Gasteiger partial charge in [0.25, 0.3) is 0 Å². The lowest BCUT2D eigenvalue weighted by Gasteiger charge is -2.25. The van der Waals surface area contributed by atoms with Crippen LogP contribution in [0.1, 0.15) is 60.8 Å². The summed E-state index contributed by atoms with van der Waals surface area (Å²) in [6, 6.07) is 0. The van der Waals surface area contributed by atoms with Gasteiger partial charge in [0.15, 0.2) is 0 Å². The molecular formula is C14H28O4. The van der Waals surface area contributed by atoms with Crippen LogP contribution >= 0.6 is 0 Å². The van der Waals surface area contributed by atoms with Gasteiger partial charge >= 0.3 is 0 Å². The first-order chi connectivity index (χ1) is 8.14. The minimum Gasteiger partial charge on any atom is -0.228 e. The Hall–Kier alpha value is -0.420. The van der Waals surface area contributed by atoms with Crippen molar-refractivity contribution in [2.24, 2.45) is 0 Å². The molecule has 0 fully saturated rings. The molecule has 0 radical (unpaired) electrons. The minimum atomic E-state index is -0.525. The third kappa shape index (κ3) is 12.0. The Balaban J connectivity index is 4.11. The van der Waals surface area contributed by atoms with Gasteiger partial charge in [-0.3, -0.25) is 0 Å². The molecule has 0 N–H and O–H groups in total. The first-order valence-electron chi connectivity index (χ1n) is 6.44. The van der Waals surface area contributed by atoms with E-state index < -0.39 is 6.29 Å². The van der Waals surface area contributed by atoms with Gasteiger partial charge in [-0.1, -0.05) is 6.08 Å². The molecule has 0 saturated carbocycles. The monoisotopic (exact) mass is 260 g/mol. The SMILES string of the molecule is C=CCCCC(OOC(C)(C)C)OOC(C)(C)C. The zero-order valence-electron chi connectivity index (χ0n) is 12.6. The Morgan fingerprint density at radius 2 is 1.39 bits per heavy atom. The van der Waals surface area contributed by atoms with Crippen LogP contribution in [0.5, 0.6) is 0 Å². The summed E-state index contributed by atoms with van der Waals surface area (Å²) in [6.45, 7) is 15.2. The van der Waals surface area contributed by atoms with Crippen molar-refractivity contribution >= 4 is 0 Å². The van der Waals surface area contributed by atoms with Crippen molar-refractivity contribution in [3.8, 4) is 0 Å². The van der Waals surface area contributed by atoms with Gasteiger partial charge in [0.05, 0.1) is 11.2 Å². The molecule has 0 rings (SSSR count). The minimum absolute atomic E-state index is 0.373. The summed E-state index contributed by atoms with van der Waals surface area (Å²) >= 11 is 0. The fourth-order valence-electron chi connectivity index (χ4n) is 0.937. The van der Waals surface area contributed by atoms with E-state index >= 15 is 0 Å². The van der Waals surface area contributed by atoms with E-state index in [0.717, 1.165) is 12.8 Å². The molecule has 0 heterocycles. The van der Waals surface area contributed by atoms with Gasteiger partial charge in [-0.15, -0.1) is 6.58 Å². The fourth-order valence-corrected chi connectivity index (χ4v) is 0.937. The van der Waals surface area contributed by atoms with Gasteiger partial charge in [-0.25, -0.2) is 19.6 Å². The highest BCUT2D eigenvalue weighted by Gasteiger charge is 2.21. The molecule has 0 aromatic carbocycles. The maximum atomic E-state index is 5.27. The zero-order chi connectivity index (χ0) is 14.2. The van der Waals surface area contributed by atoms with Gasteiger partial charge in [-0.2, -0.15) is 0 Å². The van der Waals surface area contributed by atoms with Crippen molar-refractivity contribution in [1.29, 1.82) is 0 Å². The molecule has 0 aliphatic rings. The van der Waals surface area contributed by atoms with Crippen molar-refractivity contribution in [2.45, 2.75) is 78.3 Å². The van der Waals surface area contributed by atoms with Crippen molar-refractivity contribution in [3.05, 3.63) is 12.7 Å². The summed E-state index contributed by atoms with van der Waals surface area (Å²) < 4.78 is 0. The fraction of sp³-hybridized carbons (Fsp3) is 0.857. The normalized spacial score (nSPS) is 13.1. The second kappa shape index (κ2) is 7.89. The topological polar surface area (TPSA) is 36.9 Å². The average Bonchev–Trinajstić information content (AvgIpc) is 2.19. The van der Waals surface area contributed by atoms with Crippen LogP contribution in [0.4, 0.5) is 0 Å². The molecule has 0 amide bonds. The van der Waals surface area contributed by atoms with Gasteiger partial charge in [0.1, 0.15) is 0 Å². The van der Waals surface area contributed by atoms with Crippen LogP contribution < -0.4 is 0 Å². The molecule has 0 bridgehead atoms. The molecule has 0 atom stereocenters. The molecule has 0 aliphatic heterocycles. The summed E-state index contributed by atoms with van der Waals surface area (Å²) in [5.41, 5.74) is -0.746. The zero-order valence-corrected chi connectivity index (χ0v) is 12.6. The molecule has 0 aromatic heterocycles. The van der Waals surface area contributed by atoms with Crippen LogP contribution in [0.2, 0.25) is 0 Å². The van der Waals surface area contributed by atoms with E-state index in [1.165, 1.54) is 0 Å². The largest absolute Gasteiger partial charge is 0.228 e. The molecule has 4 heteroatoms. The van der Waals surface area contributed by atoms with Gasteiger partial charge < -0.3 is 0 Å². The maximum Gasteiger partial charge on any atom is 0.224 e. The predicted octanol–water partition coefficient (Wildman–Crippen LogP) is 4.16. The van der Waals surface area contributed by atoms with Crippen LogP contribution in [0.15, 0.2) is 12.7 Å². The average molecular weight is 260 g/mol. The number of rotatable bonds is 8.